The van der Waals surface area contributed by atoms with Gasteiger partial charge in [0, 0.05) is 0 Å². The number of rotatable bonds is 8. The Morgan fingerprint density at radius 1 is 1.09 bits per heavy atom. The van der Waals surface area contributed by atoms with E-state index in [1.165, 1.54) is 64.2 Å². The fraction of sp³-hybridized carbons (Fsp3) is 1.00. The van der Waals surface area contributed by atoms with E-state index in [0.717, 1.165) is 37.0 Å². The zero-order valence-electron chi connectivity index (χ0n) is 15.4. The summed E-state index contributed by atoms with van der Waals surface area (Å²) in [6, 6.07) is 0. The minimum atomic E-state index is -0.539. The number of aliphatic hydroxyl groups is 1. The number of ether oxygens (including phenoxy) is 1. The van der Waals surface area contributed by atoms with Gasteiger partial charge in [0.1, 0.15) is 0 Å². The molecule has 1 N–H and O–H groups in total. The molecule has 3 fully saturated rings. The third-order valence-electron chi connectivity index (χ3n) is 7.26. The van der Waals surface area contributed by atoms with Crippen LogP contribution in [0.3, 0.4) is 0 Å². The van der Waals surface area contributed by atoms with Crippen LogP contribution in [0.25, 0.3) is 0 Å². The van der Waals surface area contributed by atoms with Crippen molar-refractivity contribution in [2.24, 2.45) is 23.7 Å². The molecule has 2 bridgehead atoms. The van der Waals surface area contributed by atoms with Crippen LogP contribution in [0.1, 0.15) is 97.3 Å². The van der Waals surface area contributed by atoms with Crippen molar-refractivity contribution < 1.29 is 9.84 Å². The molecule has 2 nitrogen and oxygen atoms in total. The molecule has 2 unspecified atom stereocenters. The minimum absolute atomic E-state index is 0.00887. The van der Waals surface area contributed by atoms with Crippen molar-refractivity contribution in [2.75, 3.05) is 0 Å². The molecule has 0 spiro atoms. The van der Waals surface area contributed by atoms with E-state index in [4.69, 9.17) is 4.74 Å². The normalized spacial score (nSPS) is 37.2. The zero-order chi connectivity index (χ0) is 16.3. The molecule has 0 aromatic rings. The summed E-state index contributed by atoms with van der Waals surface area (Å²) in [5.41, 5.74) is 0.00887. The van der Waals surface area contributed by atoms with Crippen molar-refractivity contribution in [2.45, 2.75) is 109 Å². The van der Waals surface area contributed by atoms with Crippen LogP contribution >= 0.6 is 0 Å². The molecule has 23 heavy (non-hydrogen) atoms. The maximum Gasteiger partial charge on any atom is 0.155 e. The highest BCUT2D eigenvalue weighted by Crippen LogP contribution is 2.54. The fourth-order valence-electron chi connectivity index (χ4n) is 5.92. The highest BCUT2D eigenvalue weighted by atomic mass is 16.6. The molecule has 0 aromatic carbocycles. The average Bonchev–Trinajstić information content (AvgIpc) is 3.15. The van der Waals surface area contributed by atoms with E-state index in [1.54, 1.807) is 0 Å². The van der Waals surface area contributed by atoms with Crippen molar-refractivity contribution in [1.29, 1.82) is 0 Å². The molecule has 3 aliphatic rings. The van der Waals surface area contributed by atoms with E-state index in [-0.39, 0.29) is 5.60 Å². The van der Waals surface area contributed by atoms with Crippen LogP contribution in [0.5, 0.6) is 0 Å². The Bertz CT molecular complexity index is 363. The van der Waals surface area contributed by atoms with Crippen molar-refractivity contribution >= 4 is 0 Å². The van der Waals surface area contributed by atoms with E-state index in [2.05, 4.69) is 13.8 Å². The van der Waals surface area contributed by atoms with Gasteiger partial charge in [-0.05, 0) is 75.0 Å². The summed E-state index contributed by atoms with van der Waals surface area (Å²) in [6.07, 6.45) is 16.3. The summed E-state index contributed by atoms with van der Waals surface area (Å²) in [5, 5.41) is 10.5. The summed E-state index contributed by atoms with van der Waals surface area (Å²) >= 11 is 0. The predicted molar refractivity (Wildman–Crippen MR) is 95.2 cm³/mol. The maximum atomic E-state index is 10.5. The Kier molecular flexibility index (Phi) is 6.07. The molecule has 3 aliphatic carbocycles. The Morgan fingerprint density at radius 2 is 1.87 bits per heavy atom. The molecule has 0 radical (unpaired) electrons. The van der Waals surface area contributed by atoms with Crippen LogP contribution in [-0.4, -0.2) is 17.0 Å². The average molecular weight is 323 g/mol. The summed E-state index contributed by atoms with van der Waals surface area (Å²) in [5.74, 6) is 3.27. The quantitative estimate of drug-likeness (QED) is 0.583. The summed E-state index contributed by atoms with van der Waals surface area (Å²) in [7, 11) is 0. The Morgan fingerprint density at radius 3 is 2.48 bits per heavy atom. The predicted octanol–water partition coefficient (Wildman–Crippen LogP) is 5.68. The van der Waals surface area contributed by atoms with Crippen LogP contribution in [0.4, 0.5) is 0 Å². The van der Waals surface area contributed by atoms with Crippen molar-refractivity contribution in [1.82, 2.24) is 0 Å². The number of hydrogen-bond donors (Lipinski definition) is 1. The molecule has 0 amide bonds. The molecule has 0 aliphatic heterocycles. The molecule has 0 saturated heterocycles. The highest BCUT2D eigenvalue weighted by Gasteiger charge is 2.51. The van der Waals surface area contributed by atoms with E-state index in [0.29, 0.717) is 5.92 Å². The van der Waals surface area contributed by atoms with E-state index >= 15 is 0 Å². The Balaban J connectivity index is 1.39. The van der Waals surface area contributed by atoms with E-state index < -0.39 is 6.29 Å². The molecule has 3 saturated carbocycles. The second-order valence-corrected chi connectivity index (χ2v) is 8.99. The second-order valence-electron chi connectivity index (χ2n) is 8.99. The molecule has 2 heteroatoms. The van der Waals surface area contributed by atoms with Gasteiger partial charge in [0.05, 0.1) is 5.60 Å². The minimum Gasteiger partial charge on any atom is -0.368 e. The Labute approximate surface area is 143 Å². The first-order chi connectivity index (χ1) is 11.1. The number of aliphatic hydroxyl groups excluding tert-OH is 1. The van der Waals surface area contributed by atoms with Gasteiger partial charge in [-0.3, -0.25) is 0 Å². The summed E-state index contributed by atoms with van der Waals surface area (Å²) in [6.45, 7) is 4.62. The van der Waals surface area contributed by atoms with Gasteiger partial charge < -0.3 is 9.84 Å². The lowest BCUT2D eigenvalue weighted by atomic mass is 9.81. The molecule has 0 heterocycles. The molecule has 5 atom stereocenters. The summed E-state index contributed by atoms with van der Waals surface area (Å²) < 4.78 is 6.28. The van der Waals surface area contributed by atoms with Gasteiger partial charge in [-0.25, -0.2) is 0 Å². The fourth-order valence-corrected chi connectivity index (χ4v) is 5.92. The first-order valence-electron chi connectivity index (χ1n) is 10.5. The molecular formula is C21H38O2. The lowest BCUT2D eigenvalue weighted by Crippen LogP contribution is -2.41. The summed E-state index contributed by atoms with van der Waals surface area (Å²) in [4.78, 5) is 0. The van der Waals surface area contributed by atoms with Crippen molar-refractivity contribution in [3.63, 3.8) is 0 Å². The van der Waals surface area contributed by atoms with Crippen LogP contribution < -0.4 is 0 Å². The van der Waals surface area contributed by atoms with Crippen LogP contribution in [0.15, 0.2) is 0 Å². The van der Waals surface area contributed by atoms with Gasteiger partial charge in [0.2, 0.25) is 0 Å². The molecule has 134 valence electrons. The first kappa shape index (κ1) is 17.7. The number of hydrogen-bond acceptors (Lipinski definition) is 2. The first-order valence-corrected chi connectivity index (χ1v) is 10.5. The van der Waals surface area contributed by atoms with Crippen molar-refractivity contribution in [3.05, 3.63) is 0 Å². The van der Waals surface area contributed by atoms with Gasteiger partial charge >= 0.3 is 0 Å². The lowest BCUT2D eigenvalue weighted by molar-refractivity contribution is -0.209. The third kappa shape index (κ3) is 4.31. The zero-order valence-corrected chi connectivity index (χ0v) is 15.4. The van der Waals surface area contributed by atoms with Gasteiger partial charge in [-0.15, -0.1) is 0 Å². The van der Waals surface area contributed by atoms with Gasteiger partial charge in [-0.1, -0.05) is 46.0 Å². The van der Waals surface area contributed by atoms with Gasteiger partial charge in [-0.2, -0.15) is 0 Å². The van der Waals surface area contributed by atoms with Crippen LogP contribution in [0, 0.1) is 23.7 Å². The monoisotopic (exact) mass is 322 g/mol. The molecular weight excluding hydrogens is 284 g/mol. The van der Waals surface area contributed by atoms with Crippen LogP contribution in [-0.2, 0) is 4.74 Å². The Hall–Kier alpha value is -0.0800. The van der Waals surface area contributed by atoms with Crippen molar-refractivity contribution in [3.8, 4) is 0 Å². The van der Waals surface area contributed by atoms with E-state index in [9.17, 15) is 5.11 Å². The molecule has 3 rings (SSSR count). The SMILES string of the molecule is CC[C@@]1(OC(O)CCC(C)CC2CCCCC2)C[C@H]2CC[C@@H]1C2. The topological polar surface area (TPSA) is 29.5 Å². The third-order valence-corrected chi connectivity index (χ3v) is 7.26. The molecule has 0 aromatic heterocycles. The number of fused-ring (bicyclic) bond motifs is 2. The van der Waals surface area contributed by atoms with E-state index in [1.807, 2.05) is 0 Å². The maximum absolute atomic E-state index is 10.5. The highest BCUT2D eigenvalue weighted by molar-refractivity contribution is 5.01. The largest absolute Gasteiger partial charge is 0.368 e. The standard InChI is InChI=1S/C21H38O2/c1-3-21(15-18-10-11-19(21)14-18)23-20(22)12-9-16(2)13-17-7-5-4-6-8-17/h16-20,22H,3-15H2,1-2H3/t16?,18-,19+,20?,21+/m0/s1. The smallest absolute Gasteiger partial charge is 0.155 e. The van der Waals surface area contributed by atoms with Crippen LogP contribution in [0.2, 0.25) is 0 Å². The van der Waals surface area contributed by atoms with Gasteiger partial charge in [0.25, 0.3) is 0 Å². The lowest BCUT2D eigenvalue weighted by Gasteiger charge is -2.39. The van der Waals surface area contributed by atoms with Gasteiger partial charge in [0.15, 0.2) is 6.29 Å². The second kappa shape index (κ2) is 7.87.